The van der Waals surface area contributed by atoms with Gasteiger partial charge in [0.15, 0.2) is 0 Å². The summed E-state index contributed by atoms with van der Waals surface area (Å²) in [6.07, 6.45) is 1.31. The highest BCUT2D eigenvalue weighted by molar-refractivity contribution is 5.71. The maximum absolute atomic E-state index is 11.1. The van der Waals surface area contributed by atoms with Crippen molar-refractivity contribution in [3.05, 3.63) is 28.3 Å². The number of hydrogen-bond donors (Lipinski definition) is 2. The van der Waals surface area contributed by atoms with Gasteiger partial charge in [-0.25, -0.2) is 0 Å². The standard InChI is InChI=1S/C14H20N2O5/c1-3-5-10(14(17)18)9-15-11-6-12(16(19)20)8-13(7-11)21-4-2/h6-8,10,15H,3-5,9H2,1-2H3,(H,17,18). The number of benzene rings is 1. The lowest BCUT2D eigenvalue weighted by Crippen LogP contribution is -2.22. The lowest BCUT2D eigenvalue weighted by Gasteiger charge is -2.14. The highest BCUT2D eigenvalue weighted by Crippen LogP contribution is 2.26. The van der Waals surface area contributed by atoms with Gasteiger partial charge >= 0.3 is 5.97 Å². The molecule has 0 aliphatic heterocycles. The molecule has 0 radical (unpaired) electrons. The monoisotopic (exact) mass is 296 g/mol. The molecule has 2 N–H and O–H groups in total. The van der Waals surface area contributed by atoms with Crippen LogP contribution in [0, 0.1) is 16.0 Å². The zero-order chi connectivity index (χ0) is 15.8. The Morgan fingerprint density at radius 3 is 2.67 bits per heavy atom. The number of aliphatic carboxylic acids is 1. The van der Waals surface area contributed by atoms with Gasteiger partial charge in [0, 0.05) is 24.4 Å². The number of rotatable bonds is 9. The molecule has 1 rings (SSSR count). The molecule has 1 aromatic rings. The topological polar surface area (TPSA) is 102 Å². The number of ether oxygens (including phenoxy) is 1. The largest absolute Gasteiger partial charge is 0.494 e. The smallest absolute Gasteiger partial charge is 0.308 e. The van der Waals surface area contributed by atoms with Gasteiger partial charge in [-0.1, -0.05) is 13.3 Å². The van der Waals surface area contributed by atoms with Gasteiger partial charge in [0.2, 0.25) is 0 Å². The number of anilines is 1. The Balaban J connectivity index is 2.85. The highest BCUT2D eigenvalue weighted by Gasteiger charge is 2.17. The number of carboxylic acids is 1. The highest BCUT2D eigenvalue weighted by atomic mass is 16.6. The van der Waals surface area contributed by atoms with E-state index in [4.69, 9.17) is 9.84 Å². The number of nitrogens with one attached hydrogen (secondary N) is 1. The Hall–Kier alpha value is -2.31. The molecule has 0 fully saturated rings. The minimum absolute atomic E-state index is 0.0918. The third-order valence-corrected chi connectivity index (χ3v) is 2.95. The van der Waals surface area contributed by atoms with Crippen LogP contribution in [0.5, 0.6) is 5.75 Å². The molecule has 7 heteroatoms. The van der Waals surface area contributed by atoms with Crippen molar-refractivity contribution in [1.82, 2.24) is 0 Å². The first kappa shape index (κ1) is 16.7. The lowest BCUT2D eigenvalue weighted by atomic mass is 10.0. The van der Waals surface area contributed by atoms with E-state index in [2.05, 4.69) is 5.32 Å². The normalized spacial score (nSPS) is 11.7. The zero-order valence-corrected chi connectivity index (χ0v) is 12.2. The van der Waals surface area contributed by atoms with Crippen LogP contribution in [-0.4, -0.2) is 29.2 Å². The van der Waals surface area contributed by atoms with Crippen molar-refractivity contribution in [1.29, 1.82) is 0 Å². The number of hydrogen-bond acceptors (Lipinski definition) is 5. The first-order valence-electron chi connectivity index (χ1n) is 6.86. The summed E-state index contributed by atoms with van der Waals surface area (Å²) in [5, 5.41) is 22.9. The molecular weight excluding hydrogens is 276 g/mol. The summed E-state index contributed by atoms with van der Waals surface area (Å²) in [6, 6.07) is 4.34. The van der Waals surface area contributed by atoms with Gasteiger partial charge in [-0.15, -0.1) is 0 Å². The summed E-state index contributed by atoms with van der Waals surface area (Å²) >= 11 is 0. The molecule has 7 nitrogen and oxygen atoms in total. The van der Waals surface area contributed by atoms with Crippen molar-refractivity contribution in [3.63, 3.8) is 0 Å². The van der Waals surface area contributed by atoms with E-state index < -0.39 is 16.8 Å². The number of non-ortho nitro benzene ring substituents is 1. The van der Waals surface area contributed by atoms with Crippen LogP contribution in [0.4, 0.5) is 11.4 Å². The SMILES string of the molecule is CCCC(CNc1cc(OCC)cc([N+](=O)[O-])c1)C(=O)O. The molecule has 0 saturated carbocycles. The molecule has 0 bridgehead atoms. The van der Waals surface area contributed by atoms with E-state index in [0.29, 0.717) is 24.5 Å². The van der Waals surface area contributed by atoms with Gasteiger partial charge in [-0.05, 0) is 13.3 Å². The molecule has 1 aromatic carbocycles. The van der Waals surface area contributed by atoms with Crippen LogP contribution in [0.1, 0.15) is 26.7 Å². The van der Waals surface area contributed by atoms with Crippen LogP contribution in [-0.2, 0) is 4.79 Å². The first-order valence-corrected chi connectivity index (χ1v) is 6.86. The van der Waals surface area contributed by atoms with Crippen molar-refractivity contribution in [2.45, 2.75) is 26.7 Å². The summed E-state index contributed by atoms with van der Waals surface area (Å²) < 4.78 is 5.28. The van der Waals surface area contributed by atoms with Crippen molar-refractivity contribution >= 4 is 17.3 Å². The average molecular weight is 296 g/mol. The Labute approximate surface area is 123 Å². The first-order chi connectivity index (χ1) is 9.97. The summed E-state index contributed by atoms with van der Waals surface area (Å²) in [5.41, 5.74) is 0.390. The summed E-state index contributed by atoms with van der Waals surface area (Å²) in [4.78, 5) is 21.5. The zero-order valence-electron chi connectivity index (χ0n) is 12.2. The number of nitrogens with zero attached hydrogens (tertiary/aromatic N) is 1. The van der Waals surface area contributed by atoms with Crippen LogP contribution in [0.15, 0.2) is 18.2 Å². The molecule has 0 aliphatic rings. The fourth-order valence-corrected chi connectivity index (χ4v) is 1.94. The average Bonchev–Trinajstić information content (AvgIpc) is 2.43. The number of nitro groups is 1. The molecule has 0 heterocycles. The third-order valence-electron chi connectivity index (χ3n) is 2.95. The quantitative estimate of drug-likeness (QED) is 0.536. The predicted molar refractivity (Wildman–Crippen MR) is 78.8 cm³/mol. The molecule has 21 heavy (non-hydrogen) atoms. The van der Waals surface area contributed by atoms with Crippen LogP contribution < -0.4 is 10.1 Å². The van der Waals surface area contributed by atoms with Gasteiger partial charge in [-0.2, -0.15) is 0 Å². The molecule has 0 aromatic heterocycles. The van der Waals surface area contributed by atoms with Gasteiger partial charge in [0.25, 0.3) is 5.69 Å². The van der Waals surface area contributed by atoms with E-state index in [1.165, 1.54) is 12.1 Å². The van der Waals surface area contributed by atoms with Crippen molar-refractivity contribution < 1.29 is 19.6 Å². The molecule has 0 saturated heterocycles. The van der Waals surface area contributed by atoms with Crippen molar-refractivity contribution in [2.24, 2.45) is 5.92 Å². The Morgan fingerprint density at radius 2 is 2.14 bits per heavy atom. The molecule has 0 amide bonds. The second-order valence-corrected chi connectivity index (χ2v) is 4.61. The minimum Gasteiger partial charge on any atom is -0.494 e. The fourth-order valence-electron chi connectivity index (χ4n) is 1.94. The number of carboxylic acid groups (broad SMARTS) is 1. The van der Waals surface area contributed by atoms with Gasteiger partial charge in [0.05, 0.1) is 23.5 Å². The number of carbonyl (C=O) groups is 1. The van der Waals surface area contributed by atoms with E-state index in [9.17, 15) is 14.9 Å². The number of nitro benzene ring substituents is 1. The molecule has 116 valence electrons. The summed E-state index contributed by atoms with van der Waals surface area (Å²) in [5.74, 6) is -1.01. The van der Waals surface area contributed by atoms with E-state index >= 15 is 0 Å². The van der Waals surface area contributed by atoms with Crippen LogP contribution >= 0.6 is 0 Å². The molecule has 0 aliphatic carbocycles. The molecule has 1 unspecified atom stereocenters. The summed E-state index contributed by atoms with van der Waals surface area (Å²) in [6.45, 7) is 4.31. The van der Waals surface area contributed by atoms with Gasteiger partial charge < -0.3 is 15.2 Å². The van der Waals surface area contributed by atoms with Crippen LogP contribution in [0.3, 0.4) is 0 Å². The van der Waals surface area contributed by atoms with E-state index in [0.717, 1.165) is 6.42 Å². The predicted octanol–water partition coefficient (Wildman–Crippen LogP) is 2.91. The minimum atomic E-state index is -0.875. The summed E-state index contributed by atoms with van der Waals surface area (Å²) in [7, 11) is 0. The molecule has 0 spiro atoms. The molecular formula is C14H20N2O5. The lowest BCUT2D eigenvalue weighted by molar-refractivity contribution is -0.384. The van der Waals surface area contributed by atoms with E-state index in [1.54, 1.807) is 13.0 Å². The Morgan fingerprint density at radius 1 is 1.43 bits per heavy atom. The fraction of sp³-hybridized carbons (Fsp3) is 0.500. The second-order valence-electron chi connectivity index (χ2n) is 4.61. The van der Waals surface area contributed by atoms with Crippen molar-refractivity contribution in [2.75, 3.05) is 18.5 Å². The van der Waals surface area contributed by atoms with E-state index in [1.807, 2.05) is 6.92 Å². The Bertz CT molecular complexity index is 504. The molecule has 1 atom stereocenters. The third kappa shape index (κ3) is 5.29. The van der Waals surface area contributed by atoms with Crippen LogP contribution in [0.2, 0.25) is 0 Å². The van der Waals surface area contributed by atoms with Gasteiger partial charge in [0.1, 0.15) is 5.75 Å². The van der Waals surface area contributed by atoms with Crippen LogP contribution in [0.25, 0.3) is 0 Å². The second kappa shape index (κ2) is 8.08. The Kier molecular flexibility index (Phi) is 6.45. The maximum atomic E-state index is 11.1. The van der Waals surface area contributed by atoms with E-state index in [-0.39, 0.29) is 12.2 Å². The maximum Gasteiger partial charge on any atom is 0.308 e. The van der Waals surface area contributed by atoms with Crippen molar-refractivity contribution in [3.8, 4) is 5.75 Å². The van der Waals surface area contributed by atoms with Gasteiger partial charge in [-0.3, -0.25) is 14.9 Å².